The second-order valence-corrected chi connectivity index (χ2v) is 5.08. The highest BCUT2D eigenvalue weighted by Gasteiger charge is 2.27. The molecular formula is C13H22N4O3. The summed E-state index contributed by atoms with van der Waals surface area (Å²) in [4.78, 5) is 13.9. The molecule has 1 fully saturated rings. The van der Waals surface area contributed by atoms with E-state index in [0.29, 0.717) is 26.2 Å². The molecule has 0 spiro atoms. The molecule has 1 aliphatic heterocycles. The lowest BCUT2D eigenvalue weighted by atomic mass is 10.2. The normalized spacial score (nSPS) is 20.9. The van der Waals surface area contributed by atoms with Crippen LogP contribution in [0.1, 0.15) is 5.56 Å². The lowest BCUT2D eigenvalue weighted by Gasteiger charge is -2.34. The van der Waals surface area contributed by atoms with Gasteiger partial charge in [-0.05, 0) is 12.5 Å². The summed E-state index contributed by atoms with van der Waals surface area (Å²) >= 11 is 0. The van der Waals surface area contributed by atoms with Crippen LogP contribution in [0.25, 0.3) is 0 Å². The molecule has 2 unspecified atom stereocenters. The van der Waals surface area contributed by atoms with Crippen LogP contribution in [0.4, 0.5) is 0 Å². The summed E-state index contributed by atoms with van der Waals surface area (Å²) in [5, 5.41) is 4.23. The fourth-order valence-electron chi connectivity index (χ4n) is 2.29. The van der Waals surface area contributed by atoms with Crippen molar-refractivity contribution in [1.29, 1.82) is 0 Å². The summed E-state index contributed by atoms with van der Waals surface area (Å²) in [6, 6.07) is -0.606. The van der Waals surface area contributed by atoms with Gasteiger partial charge in [-0.25, -0.2) is 0 Å². The number of nitrogens with two attached hydrogens (primary N) is 1. The van der Waals surface area contributed by atoms with E-state index in [4.69, 9.17) is 15.2 Å². The van der Waals surface area contributed by atoms with Crippen LogP contribution in [0.15, 0.2) is 12.4 Å². The van der Waals surface area contributed by atoms with Crippen molar-refractivity contribution in [1.82, 2.24) is 14.7 Å². The minimum Gasteiger partial charge on any atom is -0.383 e. The van der Waals surface area contributed by atoms with E-state index < -0.39 is 6.04 Å². The van der Waals surface area contributed by atoms with Gasteiger partial charge in [-0.15, -0.1) is 0 Å². The molecule has 2 heterocycles. The van der Waals surface area contributed by atoms with Gasteiger partial charge in [0.2, 0.25) is 5.91 Å². The fourth-order valence-corrected chi connectivity index (χ4v) is 2.29. The maximum Gasteiger partial charge on any atom is 0.242 e. The Hall–Kier alpha value is -1.44. The van der Waals surface area contributed by atoms with Gasteiger partial charge in [-0.2, -0.15) is 5.10 Å². The minimum atomic E-state index is -0.606. The third kappa shape index (κ3) is 3.78. The maximum absolute atomic E-state index is 12.1. The van der Waals surface area contributed by atoms with E-state index in [0.717, 1.165) is 5.56 Å². The van der Waals surface area contributed by atoms with E-state index in [1.165, 1.54) is 7.11 Å². The molecule has 0 aliphatic carbocycles. The van der Waals surface area contributed by atoms with Crippen LogP contribution >= 0.6 is 0 Å². The molecule has 20 heavy (non-hydrogen) atoms. The van der Waals surface area contributed by atoms with Gasteiger partial charge in [0.05, 0.1) is 32.1 Å². The quantitative estimate of drug-likeness (QED) is 0.779. The van der Waals surface area contributed by atoms with Gasteiger partial charge in [0, 0.05) is 26.4 Å². The second kappa shape index (κ2) is 6.83. The van der Waals surface area contributed by atoms with Crippen molar-refractivity contribution >= 4 is 5.91 Å². The van der Waals surface area contributed by atoms with Crippen LogP contribution in [0.5, 0.6) is 0 Å². The third-order valence-corrected chi connectivity index (χ3v) is 3.27. The van der Waals surface area contributed by atoms with Gasteiger partial charge in [-0.3, -0.25) is 9.48 Å². The summed E-state index contributed by atoms with van der Waals surface area (Å²) in [7, 11) is 1.54. The molecule has 1 aliphatic rings. The number of aromatic nitrogens is 2. The molecular weight excluding hydrogens is 260 g/mol. The van der Waals surface area contributed by atoms with E-state index in [9.17, 15) is 4.79 Å². The van der Waals surface area contributed by atoms with E-state index in [-0.39, 0.29) is 18.6 Å². The maximum atomic E-state index is 12.1. The Kier molecular flexibility index (Phi) is 5.11. The molecule has 1 amide bonds. The number of morpholine rings is 1. The smallest absolute Gasteiger partial charge is 0.242 e. The Morgan fingerprint density at radius 1 is 1.70 bits per heavy atom. The molecule has 1 aromatic rings. The zero-order valence-corrected chi connectivity index (χ0v) is 12.0. The fraction of sp³-hybridized carbons (Fsp3) is 0.692. The van der Waals surface area contributed by atoms with E-state index in [2.05, 4.69) is 5.10 Å². The summed E-state index contributed by atoms with van der Waals surface area (Å²) in [6.45, 7) is 4.50. The Balaban J connectivity index is 1.89. The predicted octanol–water partition coefficient (Wildman–Crippen LogP) is -0.607. The molecule has 112 valence electrons. The minimum absolute atomic E-state index is 0.0539. The summed E-state index contributed by atoms with van der Waals surface area (Å²) in [5.41, 5.74) is 6.89. The highest BCUT2D eigenvalue weighted by molar-refractivity contribution is 5.81. The van der Waals surface area contributed by atoms with Crippen molar-refractivity contribution in [2.75, 3.05) is 33.4 Å². The van der Waals surface area contributed by atoms with Gasteiger partial charge < -0.3 is 20.1 Å². The molecule has 2 atom stereocenters. The molecule has 0 aromatic carbocycles. The number of ether oxygens (including phenoxy) is 2. The van der Waals surface area contributed by atoms with Crippen molar-refractivity contribution in [3.63, 3.8) is 0 Å². The average Bonchev–Trinajstić information content (AvgIpc) is 2.84. The molecule has 7 heteroatoms. The predicted molar refractivity (Wildman–Crippen MR) is 73.1 cm³/mol. The number of methoxy groups -OCH3 is 1. The van der Waals surface area contributed by atoms with Crippen LogP contribution in [-0.4, -0.2) is 66.1 Å². The molecule has 1 saturated heterocycles. The van der Waals surface area contributed by atoms with E-state index in [1.54, 1.807) is 11.1 Å². The van der Waals surface area contributed by atoms with Crippen LogP contribution < -0.4 is 5.73 Å². The number of carbonyl (C=O) groups excluding carboxylic acids is 1. The Labute approximate surface area is 118 Å². The number of aryl methyl sites for hydroxylation is 1. The number of rotatable bonds is 5. The molecule has 7 nitrogen and oxygen atoms in total. The van der Waals surface area contributed by atoms with Crippen LogP contribution in [0.2, 0.25) is 0 Å². The number of carbonyl (C=O) groups is 1. The lowest BCUT2D eigenvalue weighted by Crippen LogP contribution is -2.53. The van der Waals surface area contributed by atoms with Crippen LogP contribution in [0, 0.1) is 6.92 Å². The molecule has 0 saturated carbocycles. The first kappa shape index (κ1) is 15.0. The summed E-state index contributed by atoms with van der Waals surface area (Å²) in [5.74, 6) is -0.0863. The zero-order valence-electron chi connectivity index (χ0n) is 12.0. The van der Waals surface area contributed by atoms with Gasteiger partial charge in [0.1, 0.15) is 6.04 Å². The standard InChI is InChI=1S/C13H22N4O3/c1-10-5-15-17(6-10)8-11-7-16(3-4-20-11)13(18)12(14)9-19-2/h5-6,11-12H,3-4,7-9,14H2,1-2H3. The average molecular weight is 282 g/mol. The summed E-state index contributed by atoms with van der Waals surface area (Å²) < 4.78 is 12.4. The van der Waals surface area contributed by atoms with Crippen molar-refractivity contribution in [3.8, 4) is 0 Å². The number of amides is 1. The number of nitrogens with zero attached hydrogens (tertiary/aromatic N) is 3. The van der Waals surface area contributed by atoms with Gasteiger partial charge >= 0.3 is 0 Å². The first-order chi connectivity index (χ1) is 9.60. The van der Waals surface area contributed by atoms with Crippen LogP contribution in [0.3, 0.4) is 0 Å². The second-order valence-electron chi connectivity index (χ2n) is 5.08. The Bertz CT molecular complexity index is 449. The molecule has 0 radical (unpaired) electrons. The van der Waals surface area contributed by atoms with E-state index >= 15 is 0 Å². The Morgan fingerprint density at radius 3 is 3.15 bits per heavy atom. The first-order valence-corrected chi connectivity index (χ1v) is 6.74. The van der Waals surface area contributed by atoms with Crippen molar-refractivity contribution in [3.05, 3.63) is 18.0 Å². The first-order valence-electron chi connectivity index (χ1n) is 6.74. The van der Waals surface area contributed by atoms with Crippen LogP contribution in [-0.2, 0) is 20.8 Å². The summed E-state index contributed by atoms with van der Waals surface area (Å²) in [6.07, 6.45) is 3.71. The van der Waals surface area contributed by atoms with Gasteiger partial charge in [0.25, 0.3) is 0 Å². The van der Waals surface area contributed by atoms with Crippen molar-refractivity contribution < 1.29 is 14.3 Å². The molecule has 2 N–H and O–H groups in total. The van der Waals surface area contributed by atoms with E-state index in [1.807, 2.05) is 17.8 Å². The van der Waals surface area contributed by atoms with Crippen molar-refractivity contribution in [2.45, 2.75) is 25.6 Å². The Morgan fingerprint density at radius 2 is 2.50 bits per heavy atom. The van der Waals surface area contributed by atoms with Gasteiger partial charge in [0.15, 0.2) is 0 Å². The van der Waals surface area contributed by atoms with Crippen molar-refractivity contribution in [2.24, 2.45) is 5.73 Å². The molecule has 0 bridgehead atoms. The SMILES string of the molecule is COCC(N)C(=O)N1CCOC(Cn2cc(C)cn2)C1. The lowest BCUT2D eigenvalue weighted by molar-refractivity contribution is -0.141. The number of hydrogen-bond donors (Lipinski definition) is 1. The largest absolute Gasteiger partial charge is 0.383 e. The third-order valence-electron chi connectivity index (χ3n) is 3.27. The van der Waals surface area contributed by atoms with Gasteiger partial charge in [-0.1, -0.05) is 0 Å². The highest BCUT2D eigenvalue weighted by atomic mass is 16.5. The monoisotopic (exact) mass is 282 g/mol. The molecule has 1 aromatic heterocycles. The number of hydrogen-bond acceptors (Lipinski definition) is 5. The topological polar surface area (TPSA) is 82.6 Å². The molecule has 2 rings (SSSR count). The zero-order chi connectivity index (χ0) is 14.5. The highest BCUT2D eigenvalue weighted by Crippen LogP contribution is 2.09.